The van der Waals surface area contributed by atoms with Gasteiger partial charge in [-0.1, -0.05) is 61.6 Å². The van der Waals surface area contributed by atoms with Crippen molar-refractivity contribution >= 4 is 6.08 Å². The van der Waals surface area contributed by atoms with E-state index >= 15 is 0 Å². The number of allylic oxidation sites excluding steroid dienone is 3. The van der Waals surface area contributed by atoms with Crippen molar-refractivity contribution in [1.82, 2.24) is 4.90 Å². The van der Waals surface area contributed by atoms with E-state index in [0.717, 1.165) is 25.1 Å². The van der Waals surface area contributed by atoms with Gasteiger partial charge < -0.3 is 4.90 Å². The summed E-state index contributed by atoms with van der Waals surface area (Å²) in [4.78, 5) is 2.32. The molecule has 0 amide bonds. The van der Waals surface area contributed by atoms with E-state index in [9.17, 15) is 0 Å². The van der Waals surface area contributed by atoms with Gasteiger partial charge in [0.05, 0.1) is 0 Å². The molecule has 0 saturated heterocycles. The van der Waals surface area contributed by atoms with Crippen LogP contribution in [0, 0.1) is 6.92 Å². The SMILES string of the molecule is C=CC(=C/N(CC)CCC)/C=C/c1cccc(C)c1. The lowest BCUT2D eigenvalue weighted by molar-refractivity contribution is 0.394. The molecule has 0 radical (unpaired) electrons. The van der Waals surface area contributed by atoms with Crippen molar-refractivity contribution in [2.45, 2.75) is 27.2 Å². The highest BCUT2D eigenvalue weighted by molar-refractivity contribution is 5.55. The summed E-state index contributed by atoms with van der Waals surface area (Å²) in [6, 6.07) is 8.50. The summed E-state index contributed by atoms with van der Waals surface area (Å²) in [6.45, 7) is 12.5. The lowest BCUT2D eigenvalue weighted by atomic mass is 10.1. The van der Waals surface area contributed by atoms with Crippen LogP contribution >= 0.6 is 0 Å². The van der Waals surface area contributed by atoms with E-state index in [0.29, 0.717) is 0 Å². The Morgan fingerprint density at radius 2 is 2.11 bits per heavy atom. The molecule has 0 N–H and O–H groups in total. The molecule has 0 aliphatic rings. The third-order valence-corrected chi connectivity index (χ3v) is 2.99. The lowest BCUT2D eigenvalue weighted by Gasteiger charge is -2.17. The molecule has 1 rings (SSSR count). The molecule has 0 fully saturated rings. The van der Waals surface area contributed by atoms with Crippen LogP contribution in [-0.4, -0.2) is 18.0 Å². The lowest BCUT2D eigenvalue weighted by Crippen LogP contribution is -2.17. The molecule has 0 aliphatic heterocycles. The summed E-state index contributed by atoms with van der Waals surface area (Å²) in [7, 11) is 0. The minimum atomic E-state index is 1.03. The van der Waals surface area contributed by atoms with Gasteiger partial charge in [0.15, 0.2) is 0 Å². The molecule has 1 nitrogen and oxygen atoms in total. The maximum absolute atomic E-state index is 3.89. The fraction of sp³-hybridized carbons (Fsp3) is 0.333. The maximum Gasteiger partial charge on any atom is 0.0169 e. The molecule has 0 atom stereocenters. The van der Waals surface area contributed by atoms with Crippen LogP contribution in [0.25, 0.3) is 6.08 Å². The minimum absolute atomic E-state index is 1.03. The highest BCUT2D eigenvalue weighted by Crippen LogP contribution is 2.09. The standard InChI is InChI=1S/C18H25N/c1-5-13-19(7-3)15-17(6-2)11-12-18-10-8-9-16(4)14-18/h6,8-12,14-15H,2,5,7,13H2,1,3-4H3/b12-11+,17-15-. The number of nitrogens with zero attached hydrogens (tertiary/aromatic N) is 1. The van der Waals surface area contributed by atoms with Crippen molar-refractivity contribution in [2.24, 2.45) is 0 Å². The van der Waals surface area contributed by atoms with Crippen molar-refractivity contribution < 1.29 is 0 Å². The number of hydrogen-bond acceptors (Lipinski definition) is 1. The molecule has 1 aromatic carbocycles. The predicted octanol–water partition coefficient (Wildman–Crippen LogP) is 4.81. The molecule has 0 spiro atoms. The first-order valence-electron chi connectivity index (χ1n) is 7.02. The second-order valence-electron chi connectivity index (χ2n) is 4.71. The zero-order chi connectivity index (χ0) is 14.1. The Morgan fingerprint density at radius 3 is 2.68 bits per heavy atom. The number of benzene rings is 1. The molecule has 0 bridgehead atoms. The van der Waals surface area contributed by atoms with Gasteiger partial charge >= 0.3 is 0 Å². The molecule has 0 heterocycles. The van der Waals surface area contributed by atoms with Crippen molar-refractivity contribution in [2.75, 3.05) is 13.1 Å². The molecule has 0 aromatic heterocycles. The molecule has 0 aliphatic carbocycles. The van der Waals surface area contributed by atoms with Gasteiger partial charge in [-0.15, -0.1) is 0 Å². The van der Waals surface area contributed by atoms with E-state index in [4.69, 9.17) is 0 Å². The van der Waals surface area contributed by atoms with Gasteiger partial charge in [-0.3, -0.25) is 0 Å². The van der Waals surface area contributed by atoms with Crippen LogP contribution in [0.3, 0.4) is 0 Å². The molecule has 1 aromatic rings. The summed E-state index contributed by atoms with van der Waals surface area (Å²) in [5.74, 6) is 0. The van der Waals surface area contributed by atoms with Gasteiger partial charge in [0.25, 0.3) is 0 Å². The van der Waals surface area contributed by atoms with Crippen LogP contribution in [0.5, 0.6) is 0 Å². The van der Waals surface area contributed by atoms with Gasteiger partial charge in [0.2, 0.25) is 0 Å². The average molecular weight is 255 g/mol. The highest BCUT2D eigenvalue weighted by atomic mass is 15.1. The summed E-state index contributed by atoms with van der Waals surface area (Å²) in [5.41, 5.74) is 3.66. The van der Waals surface area contributed by atoms with Crippen LogP contribution in [0.15, 0.2) is 54.8 Å². The van der Waals surface area contributed by atoms with Crippen molar-refractivity contribution in [3.8, 4) is 0 Å². The van der Waals surface area contributed by atoms with Crippen LogP contribution in [0.4, 0.5) is 0 Å². The number of aryl methyl sites for hydroxylation is 1. The van der Waals surface area contributed by atoms with Crippen molar-refractivity contribution in [3.63, 3.8) is 0 Å². The first-order valence-corrected chi connectivity index (χ1v) is 7.02. The zero-order valence-corrected chi connectivity index (χ0v) is 12.4. The normalized spacial score (nSPS) is 11.8. The first kappa shape index (κ1) is 15.3. The zero-order valence-electron chi connectivity index (χ0n) is 12.4. The van der Waals surface area contributed by atoms with Crippen molar-refractivity contribution in [1.29, 1.82) is 0 Å². The van der Waals surface area contributed by atoms with Gasteiger partial charge in [0.1, 0.15) is 0 Å². The van der Waals surface area contributed by atoms with Gasteiger partial charge in [-0.2, -0.15) is 0 Å². The molecule has 19 heavy (non-hydrogen) atoms. The van der Waals surface area contributed by atoms with E-state index in [2.05, 4.69) is 74.9 Å². The van der Waals surface area contributed by atoms with Crippen LogP contribution in [-0.2, 0) is 0 Å². The maximum atomic E-state index is 3.89. The summed E-state index contributed by atoms with van der Waals surface area (Å²) < 4.78 is 0. The van der Waals surface area contributed by atoms with E-state index < -0.39 is 0 Å². The van der Waals surface area contributed by atoms with E-state index in [1.807, 2.05) is 6.08 Å². The Labute approximate surface area is 118 Å². The Morgan fingerprint density at radius 1 is 1.32 bits per heavy atom. The van der Waals surface area contributed by atoms with Crippen LogP contribution < -0.4 is 0 Å². The fourth-order valence-corrected chi connectivity index (χ4v) is 1.94. The minimum Gasteiger partial charge on any atom is -0.377 e. The Bertz CT molecular complexity index is 455. The topological polar surface area (TPSA) is 3.24 Å². The molecular weight excluding hydrogens is 230 g/mol. The van der Waals surface area contributed by atoms with Crippen molar-refractivity contribution in [3.05, 3.63) is 65.9 Å². The third-order valence-electron chi connectivity index (χ3n) is 2.99. The smallest absolute Gasteiger partial charge is 0.0169 e. The first-order chi connectivity index (χ1) is 9.19. The molecule has 1 heteroatoms. The Hall–Kier alpha value is -1.76. The number of rotatable bonds is 7. The Kier molecular flexibility index (Phi) is 6.73. The summed E-state index contributed by atoms with van der Waals surface area (Å²) in [5, 5.41) is 0. The van der Waals surface area contributed by atoms with E-state index in [1.165, 1.54) is 11.1 Å². The largest absolute Gasteiger partial charge is 0.377 e. The molecular formula is C18H25N. The Balaban J connectivity index is 2.81. The second kappa shape index (κ2) is 8.36. The fourth-order valence-electron chi connectivity index (χ4n) is 1.94. The number of hydrogen-bond donors (Lipinski definition) is 0. The second-order valence-corrected chi connectivity index (χ2v) is 4.71. The van der Waals surface area contributed by atoms with Crippen LogP contribution in [0.2, 0.25) is 0 Å². The molecule has 0 saturated carbocycles. The summed E-state index contributed by atoms with van der Waals surface area (Å²) >= 11 is 0. The predicted molar refractivity (Wildman–Crippen MR) is 86.0 cm³/mol. The third kappa shape index (κ3) is 5.60. The summed E-state index contributed by atoms with van der Waals surface area (Å²) in [6.07, 6.45) is 9.52. The van der Waals surface area contributed by atoms with Gasteiger partial charge in [-0.05, 0) is 31.4 Å². The van der Waals surface area contributed by atoms with E-state index in [1.54, 1.807) is 0 Å². The molecule has 0 unspecified atom stereocenters. The van der Waals surface area contributed by atoms with E-state index in [-0.39, 0.29) is 0 Å². The average Bonchev–Trinajstić information content (AvgIpc) is 2.42. The quantitative estimate of drug-likeness (QED) is 0.632. The van der Waals surface area contributed by atoms with Gasteiger partial charge in [-0.25, -0.2) is 0 Å². The van der Waals surface area contributed by atoms with Crippen LogP contribution in [0.1, 0.15) is 31.4 Å². The molecule has 102 valence electrons. The highest BCUT2D eigenvalue weighted by Gasteiger charge is 1.95. The van der Waals surface area contributed by atoms with Gasteiger partial charge in [0, 0.05) is 19.3 Å². The monoisotopic (exact) mass is 255 g/mol.